The molecule has 1 aromatic heterocycles. The highest BCUT2D eigenvalue weighted by Crippen LogP contribution is 2.28. The average Bonchev–Trinajstić information content (AvgIpc) is 2.33. The molecule has 1 aliphatic rings. The van der Waals surface area contributed by atoms with Crippen LogP contribution >= 0.6 is 0 Å². The monoisotopic (exact) mass is 332 g/mol. The Bertz CT molecular complexity index is 549. The Labute approximate surface area is 131 Å². The molecule has 2 rings (SSSR count). The van der Waals surface area contributed by atoms with Gasteiger partial charge in [-0.15, -0.1) is 0 Å². The molecule has 1 aromatic rings. The summed E-state index contributed by atoms with van der Waals surface area (Å²) in [7, 11) is 0. The molecule has 0 spiro atoms. The molecule has 23 heavy (non-hydrogen) atoms. The number of alkyl halides is 3. The number of hydrogen-bond acceptors (Lipinski definition) is 5. The van der Waals surface area contributed by atoms with E-state index in [4.69, 9.17) is 4.74 Å². The van der Waals surface area contributed by atoms with Gasteiger partial charge >= 0.3 is 12.3 Å². The zero-order chi connectivity index (χ0) is 17.3. The highest BCUT2D eigenvalue weighted by molar-refractivity contribution is 5.68. The third kappa shape index (κ3) is 5.26. The van der Waals surface area contributed by atoms with Crippen molar-refractivity contribution in [1.29, 1.82) is 0 Å². The summed E-state index contributed by atoms with van der Waals surface area (Å²) < 4.78 is 42.3. The highest BCUT2D eigenvalue weighted by atomic mass is 19.4. The number of amides is 1. The van der Waals surface area contributed by atoms with Crippen LogP contribution in [0.1, 0.15) is 39.3 Å². The number of anilines is 1. The maximum absolute atomic E-state index is 12.4. The predicted octanol–water partition coefficient (Wildman–Crippen LogP) is 2.96. The number of carbonyl (C=O) groups is 1. The first-order chi connectivity index (χ1) is 10.5. The molecule has 1 heterocycles. The third-order valence-electron chi connectivity index (χ3n) is 3.15. The van der Waals surface area contributed by atoms with Gasteiger partial charge in [0.25, 0.3) is 0 Å². The van der Waals surface area contributed by atoms with Crippen molar-refractivity contribution in [1.82, 2.24) is 15.3 Å². The minimum absolute atomic E-state index is 0.0234. The zero-order valence-corrected chi connectivity index (χ0v) is 13.1. The van der Waals surface area contributed by atoms with Gasteiger partial charge in [0, 0.05) is 12.1 Å². The molecule has 0 saturated heterocycles. The van der Waals surface area contributed by atoms with E-state index in [1.165, 1.54) is 0 Å². The lowest BCUT2D eigenvalue weighted by atomic mass is 9.87. The van der Waals surface area contributed by atoms with Crippen LogP contribution in [0.4, 0.5) is 23.8 Å². The normalized spacial score (nSPS) is 21.3. The molecule has 0 aromatic carbocycles. The maximum Gasteiger partial charge on any atom is 0.434 e. The molecule has 1 saturated carbocycles. The lowest BCUT2D eigenvalue weighted by molar-refractivity contribution is -0.141. The van der Waals surface area contributed by atoms with Crippen LogP contribution in [-0.4, -0.2) is 33.7 Å². The van der Waals surface area contributed by atoms with Gasteiger partial charge in [0.2, 0.25) is 0 Å². The molecule has 0 radical (unpaired) electrons. The molecular formula is C14H19F3N4O2. The van der Waals surface area contributed by atoms with Gasteiger partial charge in [-0.1, -0.05) is 0 Å². The fourth-order valence-electron chi connectivity index (χ4n) is 2.09. The first-order valence-corrected chi connectivity index (χ1v) is 7.18. The summed E-state index contributed by atoms with van der Waals surface area (Å²) in [6, 6.07) is 0.00531. The summed E-state index contributed by atoms with van der Waals surface area (Å²) in [4.78, 5) is 18.6. The number of halogens is 3. The van der Waals surface area contributed by atoms with Crippen molar-refractivity contribution in [3.8, 4) is 0 Å². The van der Waals surface area contributed by atoms with Gasteiger partial charge in [-0.2, -0.15) is 13.2 Å². The van der Waals surface area contributed by atoms with E-state index < -0.39 is 23.6 Å². The van der Waals surface area contributed by atoms with Crippen LogP contribution in [-0.2, 0) is 10.9 Å². The predicted molar refractivity (Wildman–Crippen MR) is 76.8 cm³/mol. The number of ether oxygens (including phenoxy) is 1. The Morgan fingerprint density at radius 2 is 1.83 bits per heavy atom. The first kappa shape index (κ1) is 17.3. The van der Waals surface area contributed by atoms with E-state index in [0.29, 0.717) is 19.0 Å². The Morgan fingerprint density at radius 3 is 2.30 bits per heavy atom. The van der Waals surface area contributed by atoms with Crippen molar-refractivity contribution in [3.63, 3.8) is 0 Å². The van der Waals surface area contributed by atoms with Crippen molar-refractivity contribution < 1.29 is 22.7 Å². The minimum Gasteiger partial charge on any atom is -0.444 e. The van der Waals surface area contributed by atoms with E-state index in [9.17, 15) is 18.0 Å². The maximum atomic E-state index is 12.4. The van der Waals surface area contributed by atoms with Crippen LogP contribution in [0, 0.1) is 0 Å². The van der Waals surface area contributed by atoms with Crippen LogP contribution in [0.25, 0.3) is 0 Å². The average molecular weight is 332 g/mol. The van der Waals surface area contributed by atoms with Gasteiger partial charge in [0.1, 0.15) is 11.4 Å². The smallest absolute Gasteiger partial charge is 0.434 e. The van der Waals surface area contributed by atoms with E-state index in [1.54, 1.807) is 20.8 Å². The summed E-state index contributed by atoms with van der Waals surface area (Å²) in [6.45, 7) is 5.34. The van der Waals surface area contributed by atoms with Crippen LogP contribution in [0.5, 0.6) is 0 Å². The molecule has 0 unspecified atom stereocenters. The standard InChI is InChI=1S/C14H19F3N4O2/c1-13(2,3)23-12(22)21-9-4-8(5-9)20-11-7-18-10(6-19-11)14(15,16)17/h6-9H,4-5H2,1-3H3,(H,19,20)(H,21,22). The van der Waals surface area contributed by atoms with Crippen molar-refractivity contribution in [2.75, 3.05) is 5.32 Å². The van der Waals surface area contributed by atoms with Crippen molar-refractivity contribution in [3.05, 3.63) is 18.1 Å². The number of carbonyl (C=O) groups excluding carboxylic acids is 1. The fourth-order valence-corrected chi connectivity index (χ4v) is 2.09. The van der Waals surface area contributed by atoms with Gasteiger partial charge in [-0.05, 0) is 33.6 Å². The van der Waals surface area contributed by atoms with Crippen molar-refractivity contribution in [2.45, 2.75) is 57.5 Å². The molecule has 1 amide bonds. The lowest BCUT2D eigenvalue weighted by Gasteiger charge is -2.36. The van der Waals surface area contributed by atoms with Gasteiger partial charge in [0.05, 0.1) is 12.4 Å². The molecule has 6 nitrogen and oxygen atoms in total. The number of nitrogens with zero attached hydrogens (tertiary/aromatic N) is 2. The minimum atomic E-state index is -4.50. The van der Waals surface area contributed by atoms with E-state index >= 15 is 0 Å². The van der Waals surface area contributed by atoms with Gasteiger partial charge in [0.15, 0.2) is 5.69 Å². The number of alkyl carbamates (subject to hydrolysis) is 1. The van der Waals surface area contributed by atoms with E-state index in [2.05, 4.69) is 20.6 Å². The quantitative estimate of drug-likeness (QED) is 0.890. The van der Waals surface area contributed by atoms with E-state index in [1.807, 2.05) is 0 Å². The zero-order valence-electron chi connectivity index (χ0n) is 13.1. The van der Waals surface area contributed by atoms with E-state index in [-0.39, 0.29) is 17.9 Å². The molecular weight excluding hydrogens is 313 g/mol. The fraction of sp³-hybridized carbons (Fsp3) is 0.643. The first-order valence-electron chi connectivity index (χ1n) is 7.18. The van der Waals surface area contributed by atoms with Crippen LogP contribution < -0.4 is 10.6 Å². The van der Waals surface area contributed by atoms with Gasteiger partial charge in [-0.3, -0.25) is 0 Å². The SMILES string of the molecule is CC(C)(C)OC(=O)NC1CC(Nc2cnc(C(F)(F)F)cn2)C1. The second kappa shape index (κ2) is 6.21. The second-order valence-electron chi connectivity index (χ2n) is 6.44. The summed E-state index contributed by atoms with van der Waals surface area (Å²) in [5.41, 5.74) is -1.58. The Hall–Kier alpha value is -2.06. The molecule has 0 aliphatic heterocycles. The summed E-state index contributed by atoms with van der Waals surface area (Å²) >= 11 is 0. The molecule has 0 atom stereocenters. The van der Waals surface area contributed by atoms with Gasteiger partial charge < -0.3 is 15.4 Å². The van der Waals surface area contributed by atoms with Gasteiger partial charge in [-0.25, -0.2) is 14.8 Å². The number of rotatable bonds is 3. The number of nitrogens with one attached hydrogen (secondary N) is 2. The molecule has 1 fully saturated rings. The topological polar surface area (TPSA) is 76.1 Å². The van der Waals surface area contributed by atoms with Crippen LogP contribution in [0.3, 0.4) is 0 Å². The third-order valence-corrected chi connectivity index (χ3v) is 3.15. The molecule has 128 valence electrons. The lowest BCUT2D eigenvalue weighted by Crippen LogP contribution is -2.50. The number of hydrogen-bond donors (Lipinski definition) is 2. The van der Waals surface area contributed by atoms with E-state index in [0.717, 1.165) is 6.20 Å². The molecule has 9 heteroatoms. The Balaban J connectivity index is 1.75. The van der Waals surface area contributed by atoms with Crippen LogP contribution in [0.15, 0.2) is 12.4 Å². The summed E-state index contributed by atoms with van der Waals surface area (Å²) in [5, 5.41) is 5.71. The second-order valence-corrected chi connectivity index (χ2v) is 6.44. The van der Waals surface area contributed by atoms with Crippen molar-refractivity contribution >= 4 is 11.9 Å². The molecule has 0 bridgehead atoms. The Kier molecular flexibility index (Phi) is 4.67. The number of aromatic nitrogens is 2. The highest BCUT2D eigenvalue weighted by Gasteiger charge is 2.34. The van der Waals surface area contributed by atoms with Crippen molar-refractivity contribution in [2.24, 2.45) is 0 Å². The Morgan fingerprint density at radius 1 is 1.17 bits per heavy atom. The summed E-state index contributed by atoms with van der Waals surface area (Å²) in [6.07, 6.45) is -1.95. The largest absolute Gasteiger partial charge is 0.444 e. The summed E-state index contributed by atoms with van der Waals surface area (Å²) in [5.74, 6) is 0.277. The van der Waals surface area contributed by atoms with Crippen LogP contribution in [0.2, 0.25) is 0 Å². The molecule has 2 N–H and O–H groups in total. The molecule has 1 aliphatic carbocycles.